The number of nitrogens with one attached hydrogen (secondary N) is 2. The zero-order chi connectivity index (χ0) is 11.1. The second-order valence-electron chi connectivity index (χ2n) is 2.86. The minimum absolute atomic E-state index is 0.0597. The molecule has 0 aliphatic rings. The summed E-state index contributed by atoms with van der Waals surface area (Å²) in [5, 5.41) is 8.78. The average Bonchev–Trinajstić information content (AvgIpc) is 2.63. The predicted molar refractivity (Wildman–Crippen MR) is 52.8 cm³/mol. The molecule has 0 fully saturated rings. The van der Waals surface area contributed by atoms with Crippen molar-refractivity contribution in [1.29, 1.82) is 0 Å². The summed E-state index contributed by atoms with van der Waals surface area (Å²) in [7, 11) is 0. The van der Waals surface area contributed by atoms with Crippen LogP contribution in [-0.2, 0) is 11.3 Å². The monoisotopic (exact) mass is 211 g/mol. The second-order valence-corrected chi connectivity index (χ2v) is 2.86. The SMILES string of the molecule is NC(=O)NC(=O)CNCCn1cccn1. The Bertz CT molecular complexity index is 322. The average molecular weight is 211 g/mol. The fourth-order valence-corrected chi connectivity index (χ4v) is 1.01. The quantitative estimate of drug-likeness (QED) is 0.525. The Labute approximate surface area is 86.6 Å². The van der Waals surface area contributed by atoms with Gasteiger partial charge in [0.2, 0.25) is 5.91 Å². The lowest BCUT2D eigenvalue weighted by Crippen LogP contribution is -2.41. The Kier molecular flexibility index (Phi) is 4.30. The zero-order valence-electron chi connectivity index (χ0n) is 8.14. The van der Waals surface area contributed by atoms with E-state index < -0.39 is 11.9 Å². The number of hydrogen-bond acceptors (Lipinski definition) is 4. The molecule has 0 spiro atoms. The van der Waals surface area contributed by atoms with Crippen LogP contribution in [0.1, 0.15) is 0 Å². The predicted octanol–water partition coefficient (Wildman–Crippen LogP) is -1.33. The van der Waals surface area contributed by atoms with Crippen molar-refractivity contribution < 1.29 is 9.59 Å². The summed E-state index contributed by atoms with van der Waals surface area (Å²) in [4.78, 5) is 21.2. The van der Waals surface area contributed by atoms with Gasteiger partial charge in [0.15, 0.2) is 0 Å². The first-order chi connectivity index (χ1) is 7.18. The summed E-state index contributed by atoms with van der Waals surface area (Å²) >= 11 is 0. The molecule has 7 heteroatoms. The van der Waals surface area contributed by atoms with Gasteiger partial charge in [0.05, 0.1) is 13.1 Å². The largest absolute Gasteiger partial charge is 0.351 e. The van der Waals surface area contributed by atoms with Crippen LogP contribution in [-0.4, -0.2) is 34.8 Å². The van der Waals surface area contributed by atoms with Gasteiger partial charge in [-0.05, 0) is 6.07 Å². The van der Waals surface area contributed by atoms with Crippen molar-refractivity contribution in [2.75, 3.05) is 13.1 Å². The van der Waals surface area contributed by atoms with E-state index in [1.54, 1.807) is 10.9 Å². The molecule has 1 aromatic rings. The second kappa shape index (κ2) is 5.76. The highest BCUT2D eigenvalue weighted by Gasteiger charge is 2.02. The highest BCUT2D eigenvalue weighted by atomic mass is 16.2. The number of urea groups is 1. The third-order valence-electron chi connectivity index (χ3n) is 1.63. The first-order valence-corrected chi connectivity index (χ1v) is 4.46. The maximum absolute atomic E-state index is 10.9. The molecule has 1 heterocycles. The van der Waals surface area contributed by atoms with Crippen molar-refractivity contribution in [1.82, 2.24) is 20.4 Å². The van der Waals surface area contributed by atoms with Gasteiger partial charge in [-0.25, -0.2) is 4.79 Å². The highest BCUT2D eigenvalue weighted by molar-refractivity contribution is 5.94. The lowest BCUT2D eigenvalue weighted by Gasteiger charge is -2.04. The molecule has 3 amide bonds. The van der Waals surface area contributed by atoms with Crippen molar-refractivity contribution in [3.63, 3.8) is 0 Å². The molecule has 0 saturated carbocycles. The third kappa shape index (κ3) is 4.77. The first-order valence-electron chi connectivity index (χ1n) is 4.46. The molecule has 0 radical (unpaired) electrons. The van der Waals surface area contributed by atoms with Gasteiger partial charge in [-0.1, -0.05) is 0 Å². The number of nitrogens with zero attached hydrogens (tertiary/aromatic N) is 2. The molecule has 0 unspecified atom stereocenters. The number of rotatable bonds is 5. The van der Waals surface area contributed by atoms with E-state index in [1.165, 1.54) is 0 Å². The van der Waals surface area contributed by atoms with Crippen molar-refractivity contribution in [2.45, 2.75) is 6.54 Å². The Morgan fingerprint density at radius 1 is 1.47 bits per heavy atom. The van der Waals surface area contributed by atoms with Gasteiger partial charge in [0, 0.05) is 18.9 Å². The van der Waals surface area contributed by atoms with Gasteiger partial charge in [0.25, 0.3) is 0 Å². The molecule has 15 heavy (non-hydrogen) atoms. The summed E-state index contributed by atoms with van der Waals surface area (Å²) in [6.45, 7) is 1.31. The number of nitrogens with two attached hydrogens (primary N) is 1. The van der Waals surface area contributed by atoms with E-state index in [0.29, 0.717) is 13.1 Å². The van der Waals surface area contributed by atoms with Crippen LogP contribution in [0.2, 0.25) is 0 Å². The Morgan fingerprint density at radius 3 is 2.87 bits per heavy atom. The van der Waals surface area contributed by atoms with Crippen molar-refractivity contribution in [3.8, 4) is 0 Å². The van der Waals surface area contributed by atoms with Crippen molar-refractivity contribution in [3.05, 3.63) is 18.5 Å². The Balaban J connectivity index is 2.06. The molecule has 0 atom stereocenters. The maximum atomic E-state index is 10.9. The van der Waals surface area contributed by atoms with E-state index in [4.69, 9.17) is 5.73 Å². The fraction of sp³-hybridized carbons (Fsp3) is 0.375. The molecule has 1 rings (SSSR count). The van der Waals surface area contributed by atoms with Crippen molar-refractivity contribution in [2.24, 2.45) is 5.73 Å². The van der Waals surface area contributed by atoms with Gasteiger partial charge < -0.3 is 11.1 Å². The lowest BCUT2D eigenvalue weighted by molar-refractivity contribution is -0.119. The number of carbonyl (C=O) groups excluding carboxylic acids is 2. The molecule has 4 N–H and O–H groups in total. The molecule has 0 aromatic carbocycles. The first kappa shape index (κ1) is 11.2. The minimum atomic E-state index is -0.839. The number of primary amides is 1. The standard InChI is InChI=1S/C8H13N5O2/c9-8(15)12-7(14)6-10-3-5-13-4-1-2-11-13/h1-2,4,10H,3,5-6H2,(H3,9,12,14,15). The van der Waals surface area contributed by atoms with Gasteiger partial charge >= 0.3 is 6.03 Å². The molecule has 0 saturated heterocycles. The minimum Gasteiger partial charge on any atom is -0.351 e. The number of imide groups is 1. The topological polar surface area (TPSA) is 102 Å². The number of hydrogen-bond donors (Lipinski definition) is 3. The van der Waals surface area contributed by atoms with Gasteiger partial charge in [-0.2, -0.15) is 5.10 Å². The van der Waals surface area contributed by atoms with Crippen LogP contribution in [0, 0.1) is 0 Å². The number of aromatic nitrogens is 2. The summed E-state index contributed by atoms with van der Waals surface area (Å²) in [6.07, 6.45) is 3.50. The summed E-state index contributed by atoms with van der Waals surface area (Å²) in [6, 6.07) is 0.980. The fourth-order valence-electron chi connectivity index (χ4n) is 1.01. The molecule has 1 aromatic heterocycles. The van der Waals surface area contributed by atoms with E-state index in [0.717, 1.165) is 0 Å². The summed E-state index contributed by atoms with van der Waals surface area (Å²) in [5.74, 6) is -0.442. The molecule has 7 nitrogen and oxygen atoms in total. The van der Waals surface area contributed by atoms with Gasteiger partial charge in [-0.3, -0.25) is 14.8 Å². The van der Waals surface area contributed by atoms with E-state index >= 15 is 0 Å². The molecule has 0 aliphatic carbocycles. The van der Waals surface area contributed by atoms with Gasteiger partial charge in [-0.15, -0.1) is 0 Å². The van der Waals surface area contributed by atoms with Crippen LogP contribution >= 0.6 is 0 Å². The Morgan fingerprint density at radius 2 is 2.27 bits per heavy atom. The van der Waals surface area contributed by atoms with E-state index in [-0.39, 0.29) is 6.54 Å². The smallest absolute Gasteiger partial charge is 0.318 e. The lowest BCUT2D eigenvalue weighted by atomic mass is 10.5. The van der Waals surface area contributed by atoms with Crippen LogP contribution in [0.4, 0.5) is 4.79 Å². The normalized spacial score (nSPS) is 9.87. The maximum Gasteiger partial charge on any atom is 0.318 e. The van der Waals surface area contributed by atoms with Crippen LogP contribution in [0.15, 0.2) is 18.5 Å². The van der Waals surface area contributed by atoms with E-state index in [9.17, 15) is 9.59 Å². The van der Waals surface area contributed by atoms with Crippen LogP contribution in [0.3, 0.4) is 0 Å². The summed E-state index contributed by atoms with van der Waals surface area (Å²) in [5.41, 5.74) is 4.76. The number of amides is 3. The van der Waals surface area contributed by atoms with Gasteiger partial charge in [0.1, 0.15) is 0 Å². The number of carbonyl (C=O) groups is 2. The van der Waals surface area contributed by atoms with Crippen LogP contribution in [0.5, 0.6) is 0 Å². The highest BCUT2D eigenvalue weighted by Crippen LogP contribution is 1.81. The Hall–Kier alpha value is -1.89. The van der Waals surface area contributed by atoms with Crippen LogP contribution < -0.4 is 16.4 Å². The third-order valence-corrected chi connectivity index (χ3v) is 1.63. The molecule has 82 valence electrons. The zero-order valence-corrected chi connectivity index (χ0v) is 8.14. The molecular formula is C8H13N5O2. The molecular weight excluding hydrogens is 198 g/mol. The molecule has 0 aliphatic heterocycles. The molecule has 0 bridgehead atoms. The van der Waals surface area contributed by atoms with E-state index in [2.05, 4.69) is 10.4 Å². The van der Waals surface area contributed by atoms with Crippen LogP contribution in [0.25, 0.3) is 0 Å². The van der Waals surface area contributed by atoms with E-state index in [1.807, 2.05) is 17.6 Å². The summed E-state index contributed by atoms with van der Waals surface area (Å²) < 4.78 is 1.74. The van der Waals surface area contributed by atoms with Crippen molar-refractivity contribution >= 4 is 11.9 Å².